The fraction of sp³-hybridized carbons (Fsp3) is 0.500. The van der Waals surface area contributed by atoms with Gasteiger partial charge in [-0.3, -0.25) is 9.59 Å². The van der Waals surface area contributed by atoms with E-state index in [1.165, 1.54) is 17.2 Å². The van der Waals surface area contributed by atoms with Crippen LogP contribution in [0.4, 0.5) is 5.69 Å². The van der Waals surface area contributed by atoms with Crippen LogP contribution in [0.25, 0.3) is 0 Å². The third-order valence-electron chi connectivity index (χ3n) is 2.51. The van der Waals surface area contributed by atoms with Crippen LogP contribution < -0.4 is 11.1 Å². The van der Waals surface area contributed by atoms with Crippen molar-refractivity contribution >= 4 is 17.5 Å². The molecule has 0 saturated heterocycles. The van der Waals surface area contributed by atoms with Gasteiger partial charge in [-0.2, -0.15) is 0 Å². The Balaban J connectivity index is 2.35. The fourth-order valence-corrected chi connectivity index (χ4v) is 1.53. The fourth-order valence-electron chi connectivity index (χ4n) is 1.53. The number of nitrogens with zero attached hydrogens (tertiary/aromatic N) is 1. The lowest BCUT2D eigenvalue weighted by Crippen LogP contribution is -2.38. The van der Waals surface area contributed by atoms with Crippen molar-refractivity contribution in [2.75, 3.05) is 39.6 Å². The molecule has 0 radical (unpaired) electrons. The zero-order valence-electron chi connectivity index (χ0n) is 11.2. The van der Waals surface area contributed by atoms with Crippen LogP contribution in [0.15, 0.2) is 12.3 Å². The smallest absolute Gasteiger partial charge is 0.270 e. The Morgan fingerprint density at radius 1 is 1.53 bits per heavy atom. The van der Waals surface area contributed by atoms with Crippen LogP contribution in [0.1, 0.15) is 16.9 Å². The molecule has 1 heterocycles. The first-order valence-electron chi connectivity index (χ1n) is 5.99. The molecule has 0 unspecified atom stereocenters. The molecule has 19 heavy (non-hydrogen) atoms. The first kappa shape index (κ1) is 15.0. The Morgan fingerprint density at radius 3 is 2.84 bits per heavy atom. The van der Waals surface area contributed by atoms with Crippen molar-refractivity contribution in [1.82, 2.24) is 15.2 Å². The highest BCUT2D eigenvalue weighted by molar-refractivity contribution is 5.95. The Labute approximate surface area is 112 Å². The molecule has 0 atom stereocenters. The van der Waals surface area contributed by atoms with Gasteiger partial charge >= 0.3 is 0 Å². The van der Waals surface area contributed by atoms with E-state index < -0.39 is 0 Å². The summed E-state index contributed by atoms with van der Waals surface area (Å²) in [4.78, 5) is 27.6. The number of methoxy groups -OCH3 is 1. The molecule has 1 aromatic rings. The molecule has 0 aliphatic heterocycles. The van der Waals surface area contributed by atoms with E-state index in [0.717, 1.165) is 6.42 Å². The molecule has 1 rings (SSSR count). The van der Waals surface area contributed by atoms with Crippen LogP contribution in [0.2, 0.25) is 0 Å². The molecule has 0 saturated carbocycles. The predicted molar refractivity (Wildman–Crippen MR) is 71.7 cm³/mol. The average molecular weight is 268 g/mol. The molecule has 106 valence electrons. The number of aromatic amines is 1. The molecule has 4 N–H and O–H groups in total. The molecule has 0 aliphatic carbocycles. The first-order chi connectivity index (χ1) is 9.04. The summed E-state index contributed by atoms with van der Waals surface area (Å²) in [5.41, 5.74) is 6.37. The number of nitrogen functional groups attached to an aromatic ring is 1. The standard InChI is InChI=1S/C12H20N4O3/c1-16(8-11(17)14-4-3-5-19-2)12(18)10-6-9(13)7-15-10/h6-7,15H,3-5,8,13H2,1-2H3,(H,14,17). The van der Waals surface area contributed by atoms with Gasteiger partial charge in [0.25, 0.3) is 5.91 Å². The number of anilines is 1. The van der Waals surface area contributed by atoms with E-state index in [-0.39, 0.29) is 18.4 Å². The molecule has 0 fully saturated rings. The van der Waals surface area contributed by atoms with Crippen molar-refractivity contribution in [3.63, 3.8) is 0 Å². The first-order valence-corrected chi connectivity index (χ1v) is 5.99. The zero-order chi connectivity index (χ0) is 14.3. The number of nitrogens with one attached hydrogen (secondary N) is 2. The second-order valence-electron chi connectivity index (χ2n) is 4.20. The van der Waals surface area contributed by atoms with E-state index >= 15 is 0 Å². The minimum atomic E-state index is -0.274. The minimum Gasteiger partial charge on any atom is -0.397 e. The minimum absolute atomic E-state index is 0.00470. The molecule has 1 aromatic heterocycles. The number of H-pyrrole nitrogens is 1. The summed E-state index contributed by atoms with van der Waals surface area (Å²) in [6, 6.07) is 1.54. The van der Waals surface area contributed by atoms with E-state index in [4.69, 9.17) is 10.5 Å². The molecule has 7 heteroatoms. The number of rotatable bonds is 7. The molecule has 0 aromatic carbocycles. The van der Waals surface area contributed by atoms with Gasteiger partial charge in [0.05, 0.1) is 6.54 Å². The topological polar surface area (TPSA) is 100 Å². The number of aromatic nitrogens is 1. The predicted octanol–water partition coefficient (Wildman–Crippen LogP) is -0.178. The SMILES string of the molecule is COCCCNC(=O)CN(C)C(=O)c1cc(N)c[nH]1. The molecular formula is C12H20N4O3. The number of amides is 2. The number of hydrogen-bond acceptors (Lipinski definition) is 4. The second kappa shape index (κ2) is 7.42. The summed E-state index contributed by atoms with van der Waals surface area (Å²) in [5, 5.41) is 2.71. The van der Waals surface area contributed by atoms with Crippen molar-refractivity contribution < 1.29 is 14.3 Å². The molecule has 0 bridgehead atoms. The summed E-state index contributed by atoms with van der Waals surface area (Å²) in [5.74, 6) is -0.477. The molecule has 0 spiro atoms. The maximum Gasteiger partial charge on any atom is 0.270 e. The van der Waals surface area contributed by atoms with Gasteiger partial charge in [0.1, 0.15) is 5.69 Å². The van der Waals surface area contributed by atoms with Crippen LogP contribution in [-0.4, -0.2) is 55.6 Å². The average Bonchev–Trinajstić information content (AvgIpc) is 2.80. The van der Waals surface area contributed by atoms with Crippen molar-refractivity contribution in [3.05, 3.63) is 18.0 Å². The lowest BCUT2D eigenvalue weighted by Gasteiger charge is -2.15. The van der Waals surface area contributed by atoms with Crippen molar-refractivity contribution in [2.24, 2.45) is 0 Å². The number of likely N-dealkylation sites (N-methyl/N-ethyl adjacent to an activating group) is 1. The molecule has 0 aliphatic rings. The van der Waals surface area contributed by atoms with Crippen molar-refractivity contribution in [3.8, 4) is 0 Å². The quantitative estimate of drug-likeness (QED) is 0.597. The van der Waals surface area contributed by atoms with Crippen LogP contribution in [-0.2, 0) is 9.53 Å². The second-order valence-corrected chi connectivity index (χ2v) is 4.20. The third-order valence-corrected chi connectivity index (χ3v) is 2.51. The van der Waals surface area contributed by atoms with E-state index in [1.54, 1.807) is 14.2 Å². The molecular weight excluding hydrogens is 248 g/mol. The van der Waals surface area contributed by atoms with E-state index in [1.807, 2.05) is 0 Å². The van der Waals surface area contributed by atoms with Crippen molar-refractivity contribution in [2.45, 2.75) is 6.42 Å². The number of carbonyl (C=O) groups excluding carboxylic acids is 2. The summed E-state index contributed by atoms with van der Waals surface area (Å²) in [7, 11) is 3.17. The maximum atomic E-state index is 11.9. The van der Waals surface area contributed by atoms with Gasteiger partial charge in [-0.15, -0.1) is 0 Å². The van der Waals surface area contributed by atoms with Crippen molar-refractivity contribution in [1.29, 1.82) is 0 Å². The van der Waals surface area contributed by atoms with E-state index in [9.17, 15) is 9.59 Å². The van der Waals surface area contributed by atoms with Gasteiger partial charge in [-0.25, -0.2) is 0 Å². The van der Waals surface area contributed by atoms with Gasteiger partial charge in [0, 0.05) is 39.2 Å². The summed E-state index contributed by atoms with van der Waals surface area (Å²) < 4.78 is 4.87. The number of hydrogen-bond donors (Lipinski definition) is 3. The molecule has 7 nitrogen and oxygen atoms in total. The zero-order valence-corrected chi connectivity index (χ0v) is 11.2. The Bertz CT molecular complexity index is 430. The third kappa shape index (κ3) is 5.01. The number of nitrogens with two attached hydrogens (primary N) is 1. The number of ether oxygens (including phenoxy) is 1. The van der Waals surface area contributed by atoms with Crippen LogP contribution in [0.5, 0.6) is 0 Å². The highest BCUT2D eigenvalue weighted by Crippen LogP contribution is 2.06. The number of carbonyl (C=O) groups is 2. The van der Waals surface area contributed by atoms with Gasteiger partial charge in [-0.05, 0) is 12.5 Å². The Hall–Kier alpha value is -2.02. The monoisotopic (exact) mass is 268 g/mol. The highest BCUT2D eigenvalue weighted by Gasteiger charge is 2.15. The lowest BCUT2D eigenvalue weighted by atomic mass is 10.3. The summed E-state index contributed by atoms with van der Waals surface area (Å²) in [6.45, 7) is 1.13. The van der Waals surface area contributed by atoms with Crippen LogP contribution in [0.3, 0.4) is 0 Å². The highest BCUT2D eigenvalue weighted by atomic mass is 16.5. The van der Waals surface area contributed by atoms with Gasteiger partial charge in [0.15, 0.2) is 0 Å². The normalized spacial score (nSPS) is 10.2. The maximum absolute atomic E-state index is 11.9. The van der Waals surface area contributed by atoms with Gasteiger partial charge < -0.3 is 25.7 Å². The van der Waals surface area contributed by atoms with E-state index in [0.29, 0.717) is 24.5 Å². The molecule has 2 amide bonds. The largest absolute Gasteiger partial charge is 0.397 e. The van der Waals surface area contributed by atoms with E-state index in [2.05, 4.69) is 10.3 Å². The Kier molecular flexibility index (Phi) is 5.87. The summed E-state index contributed by atoms with van der Waals surface area (Å²) >= 11 is 0. The van der Waals surface area contributed by atoms with Crippen LogP contribution >= 0.6 is 0 Å². The summed E-state index contributed by atoms with van der Waals surface area (Å²) in [6.07, 6.45) is 2.28. The Morgan fingerprint density at radius 2 is 2.26 bits per heavy atom. The lowest BCUT2D eigenvalue weighted by molar-refractivity contribution is -0.121. The van der Waals surface area contributed by atoms with Gasteiger partial charge in [0.2, 0.25) is 5.91 Å². The van der Waals surface area contributed by atoms with Crippen LogP contribution in [0, 0.1) is 0 Å². The van der Waals surface area contributed by atoms with Gasteiger partial charge in [-0.1, -0.05) is 0 Å².